The van der Waals surface area contributed by atoms with Crippen molar-refractivity contribution in [3.63, 3.8) is 0 Å². The van der Waals surface area contributed by atoms with Gasteiger partial charge in [0.1, 0.15) is 5.82 Å². The van der Waals surface area contributed by atoms with Gasteiger partial charge < -0.3 is 5.32 Å². The second kappa shape index (κ2) is 7.19. The Morgan fingerprint density at radius 2 is 2.15 bits per heavy atom. The highest BCUT2D eigenvalue weighted by Gasteiger charge is 2.31. The Morgan fingerprint density at radius 1 is 1.35 bits per heavy atom. The van der Waals surface area contributed by atoms with Crippen molar-refractivity contribution in [3.05, 3.63) is 35.1 Å². The first-order valence-corrected chi connectivity index (χ1v) is 7.82. The molecule has 1 N–H and O–H groups in total. The van der Waals surface area contributed by atoms with Crippen LogP contribution in [0.3, 0.4) is 0 Å². The minimum atomic E-state index is -0.0537. The molecule has 20 heavy (non-hydrogen) atoms. The lowest BCUT2D eigenvalue weighted by Gasteiger charge is -2.35. The molecule has 0 spiro atoms. The third-order valence-electron chi connectivity index (χ3n) is 4.45. The number of nitrogens with one attached hydrogen (secondary N) is 1. The van der Waals surface area contributed by atoms with Crippen molar-refractivity contribution in [2.75, 3.05) is 26.7 Å². The zero-order valence-corrected chi connectivity index (χ0v) is 13.0. The average Bonchev–Trinajstić information content (AvgIpc) is 2.64. The first kappa shape index (κ1) is 15.5. The Kier molecular flexibility index (Phi) is 5.55. The minimum Gasteiger partial charge on any atom is -0.319 e. The quantitative estimate of drug-likeness (QED) is 0.906. The first-order valence-electron chi connectivity index (χ1n) is 7.82. The fraction of sp³-hybridized carbons (Fsp3) is 0.647. The summed E-state index contributed by atoms with van der Waals surface area (Å²) in [5, 5.41) is 3.29. The molecule has 0 amide bonds. The van der Waals surface area contributed by atoms with Gasteiger partial charge in [-0.1, -0.05) is 31.0 Å². The Labute approximate surface area is 122 Å². The van der Waals surface area contributed by atoms with Gasteiger partial charge in [0.15, 0.2) is 0 Å². The van der Waals surface area contributed by atoms with E-state index in [0.717, 1.165) is 30.8 Å². The number of nitrogens with zero attached hydrogens (tertiary/aromatic N) is 1. The van der Waals surface area contributed by atoms with Crippen molar-refractivity contribution in [1.29, 1.82) is 0 Å². The number of rotatable bonds is 4. The molecule has 2 atom stereocenters. The molecule has 1 aromatic carbocycles. The molecule has 1 aromatic rings. The third-order valence-corrected chi connectivity index (χ3v) is 4.45. The van der Waals surface area contributed by atoms with Gasteiger partial charge in [-0.25, -0.2) is 4.39 Å². The topological polar surface area (TPSA) is 15.3 Å². The van der Waals surface area contributed by atoms with Crippen LogP contribution in [0, 0.1) is 18.7 Å². The van der Waals surface area contributed by atoms with Crippen molar-refractivity contribution < 1.29 is 4.39 Å². The largest absolute Gasteiger partial charge is 0.319 e. The predicted octanol–water partition coefficient (Wildman–Crippen LogP) is 3.52. The second-order valence-electron chi connectivity index (χ2n) is 5.91. The SMILES string of the molecule is CCN1CCCCC(CNC)C1c1cc(C)ccc1F. The van der Waals surface area contributed by atoms with Crippen LogP contribution >= 0.6 is 0 Å². The Bertz CT molecular complexity index is 433. The number of benzene rings is 1. The van der Waals surface area contributed by atoms with Gasteiger partial charge in [0.25, 0.3) is 0 Å². The van der Waals surface area contributed by atoms with E-state index in [1.807, 2.05) is 26.1 Å². The summed E-state index contributed by atoms with van der Waals surface area (Å²) in [5.41, 5.74) is 2.03. The highest BCUT2D eigenvalue weighted by molar-refractivity contribution is 5.28. The van der Waals surface area contributed by atoms with Gasteiger partial charge in [-0.3, -0.25) is 4.90 Å². The van der Waals surface area contributed by atoms with Crippen LogP contribution in [0.25, 0.3) is 0 Å². The molecule has 0 bridgehead atoms. The minimum absolute atomic E-state index is 0.0537. The molecule has 3 heteroatoms. The molecule has 112 valence electrons. The van der Waals surface area contributed by atoms with Crippen LogP contribution in [0.4, 0.5) is 4.39 Å². The molecule has 0 radical (unpaired) electrons. The fourth-order valence-electron chi connectivity index (χ4n) is 3.49. The number of hydrogen-bond donors (Lipinski definition) is 1. The van der Waals surface area contributed by atoms with E-state index in [1.165, 1.54) is 19.3 Å². The van der Waals surface area contributed by atoms with Crippen LogP contribution < -0.4 is 5.32 Å². The summed E-state index contributed by atoms with van der Waals surface area (Å²) in [7, 11) is 1.99. The van der Waals surface area contributed by atoms with Gasteiger partial charge in [0.2, 0.25) is 0 Å². The summed E-state index contributed by atoms with van der Waals surface area (Å²) in [6, 6.07) is 5.73. The Hall–Kier alpha value is -0.930. The highest BCUT2D eigenvalue weighted by Crippen LogP contribution is 2.36. The van der Waals surface area contributed by atoms with E-state index in [1.54, 1.807) is 6.07 Å². The van der Waals surface area contributed by atoms with Crippen LogP contribution in [-0.2, 0) is 0 Å². The molecule has 0 aromatic heterocycles. The van der Waals surface area contributed by atoms with Gasteiger partial charge in [-0.05, 0) is 58.4 Å². The Morgan fingerprint density at radius 3 is 2.85 bits per heavy atom. The van der Waals surface area contributed by atoms with Crippen molar-refractivity contribution in [2.45, 2.75) is 39.2 Å². The van der Waals surface area contributed by atoms with Crippen molar-refractivity contribution >= 4 is 0 Å². The van der Waals surface area contributed by atoms with Gasteiger partial charge in [0.05, 0.1) is 0 Å². The molecule has 0 aliphatic carbocycles. The van der Waals surface area contributed by atoms with Crippen molar-refractivity contribution in [2.24, 2.45) is 5.92 Å². The molecule has 2 nitrogen and oxygen atoms in total. The summed E-state index contributed by atoms with van der Waals surface area (Å²) in [4.78, 5) is 2.45. The lowest BCUT2D eigenvalue weighted by atomic mass is 9.88. The van der Waals surface area contributed by atoms with Crippen LogP contribution in [0.2, 0.25) is 0 Å². The van der Waals surface area contributed by atoms with Crippen molar-refractivity contribution in [1.82, 2.24) is 10.2 Å². The standard InChI is InChI=1S/C17H27FN2/c1-4-20-10-6-5-7-14(12-19-3)17(20)15-11-13(2)8-9-16(15)18/h8-9,11,14,17,19H,4-7,10,12H2,1-3H3. The molecule has 1 aliphatic rings. The smallest absolute Gasteiger partial charge is 0.128 e. The molecule has 2 unspecified atom stereocenters. The fourth-order valence-corrected chi connectivity index (χ4v) is 3.49. The molecule has 1 aliphatic heterocycles. The molecule has 0 saturated carbocycles. The Balaban J connectivity index is 2.40. The molecule has 1 fully saturated rings. The van der Waals surface area contributed by atoms with Gasteiger partial charge >= 0.3 is 0 Å². The van der Waals surface area contributed by atoms with Crippen LogP contribution in [-0.4, -0.2) is 31.6 Å². The molecular formula is C17H27FN2. The second-order valence-corrected chi connectivity index (χ2v) is 5.91. The summed E-state index contributed by atoms with van der Waals surface area (Å²) >= 11 is 0. The van der Waals surface area contributed by atoms with E-state index in [9.17, 15) is 4.39 Å². The van der Waals surface area contributed by atoms with Crippen molar-refractivity contribution in [3.8, 4) is 0 Å². The number of likely N-dealkylation sites (tertiary alicyclic amines) is 1. The monoisotopic (exact) mass is 278 g/mol. The third kappa shape index (κ3) is 3.39. The van der Waals surface area contributed by atoms with E-state index >= 15 is 0 Å². The van der Waals surface area contributed by atoms with E-state index in [4.69, 9.17) is 0 Å². The maximum Gasteiger partial charge on any atom is 0.128 e. The number of aryl methyl sites for hydroxylation is 1. The summed E-state index contributed by atoms with van der Waals surface area (Å²) < 4.78 is 14.4. The van der Waals surface area contributed by atoms with Crippen LogP contribution in [0.15, 0.2) is 18.2 Å². The number of hydrogen-bond acceptors (Lipinski definition) is 2. The number of halogens is 1. The maximum atomic E-state index is 14.4. The van der Waals surface area contributed by atoms with E-state index in [2.05, 4.69) is 17.1 Å². The first-order chi connectivity index (χ1) is 9.67. The molecule has 1 heterocycles. The van der Waals surface area contributed by atoms with E-state index < -0.39 is 0 Å². The molecular weight excluding hydrogens is 251 g/mol. The van der Waals surface area contributed by atoms with Crippen LogP contribution in [0.5, 0.6) is 0 Å². The zero-order chi connectivity index (χ0) is 14.5. The lowest BCUT2D eigenvalue weighted by molar-refractivity contribution is 0.158. The zero-order valence-electron chi connectivity index (χ0n) is 13.0. The maximum absolute atomic E-state index is 14.4. The van der Waals surface area contributed by atoms with Gasteiger partial charge in [0, 0.05) is 11.6 Å². The van der Waals surface area contributed by atoms with E-state index in [0.29, 0.717) is 5.92 Å². The van der Waals surface area contributed by atoms with E-state index in [-0.39, 0.29) is 11.9 Å². The molecule has 1 saturated heterocycles. The average molecular weight is 278 g/mol. The van der Waals surface area contributed by atoms with Gasteiger partial charge in [-0.2, -0.15) is 0 Å². The highest BCUT2D eigenvalue weighted by atomic mass is 19.1. The van der Waals surface area contributed by atoms with Gasteiger partial charge in [-0.15, -0.1) is 0 Å². The normalized spacial score (nSPS) is 24.6. The predicted molar refractivity (Wildman–Crippen MR) is 82.4 cm³/mol. The summed E-state index contributed by atoms with van der Waals surface area (Å²) in [6.07, 6.45) is 3.64. The molecule has 2 rings (SSSR count). The summed E-state index contributed by atoms with van der Waals surface area (Å²) in [5.74, 6) is 0.431. The summed E-state index contributed by atoms with van der Waals surface area (Å²) in [6.45, 7) is 7.24. The lowest BCUT2D eigenvalue weighted by Crippen LogP contribution is -2.36. The van der Waals surface area contributed by atoms with Crippen LogP contribution in [0.1, 0.15) is 43.4 Å².